The Morgan fingerprint density at radius 2 is 1.97 bits per heavy atom. The smallest absolute Gasteiger partial charge is 0.256 e. The van der Waals surface area contributed by atoms with Crippen molar-refractivity contribution in [3.8, 4) is 0 Å². The molecule has 1 saturated heterocycles. The molecule has 1 atom stereocenters. The molecular weight excluding hydrogens is 428 g/mol. The summed E-state index contributed by atoms with van der Waals surface area (Å²) in [6.07, 6.45) is 0.434. The lowest BCUT2D eigenvalue weighted by Crippen LogP contribution is -2.30. The average Bonchev–Trinajstić information content (AvgIpc) is 3.24. The third-order valence-corrected chi connectivity index (χ3v) is 8.89. The Bertz CT molecular complexity index is 1150. The van der Waals surface area contributed by atoms with Crippen molar-refractivity contribution in [2.75, 3.05) is 29.9 Å². The zero-order chi connectivity index (χ0) is 22.1. The Labute approximate surface area is 177 Å². The highest BCUT2D eigenvalue weighted by molar-refractivity contribution is 7.91. The Kier molecular flexibility index (Phi) is 6.34. The highest BCUT2D eigenvalue weighted by Crippen LogP contribution is 2.27. The molecule has 0 bridgehead atoms. The van der Waals surface area contributed by atoms with Crippen LogP contribution in [0.2, 0.25) is 0 Å². The van der Waals surface area contributed by atoms with Gasteiger partial charge >= 0.3 is 0 Å². The molecule has 0 radical (unpaired) electrons. The highest BCUT2D eigenvalue weighted by atomic mass is 32.2. The summed E-state index contributed by atoms with van der Waals surface area (Å²) in [6.45, 7) is 5.93. The standard InChI is InChI=1S/C19H26N4O5S2/c1-4-22(5-2)30(27,28)17-8-6-7-15(12-17)19(24)20-18-11-14(3)21-23(18)16-9-10-29(25,26)13-16/h6-8,11-12,16H,4-5,9-10,13H2,1-3H3,(H,20,24)/t16-/m0/s1. The predicted molar refractivity (Wildman–Crippen MR) is 114 cm³/mol. The van der Waals surface area contributed by atoms with Gasteiger partial charge in [0.1, 0.15) is 5.82 Å². The van der Waals surface area contributed by atoms with Gasteiger partial charge in [-0.15, -0.1) is 0 Å². The second-order valence-electron chi connectivity index (χ2n) is 7.24. The van der Waals surface area contributed by atoms with Crippen LogP contribution in [0.25, 0.3) is 0 Å². The molecule has 0 spiro atoms. The molecule has 3 rings (SSSR count). The lowest BCUT2D eigenvalue weighted by atomic mass is 10.2. The molecule has 1 fully saturated rings. The fourth-order valence-electron chi connectivity index (χ4n) is 3.56. The maximum atomic E-state index is 12.8. The second-order valence-corrected chi connectivity index (χ2v) is 11.4. The number of aryl methyl sites for hydroxylation is 1. The lowest BCUT2D eigenvalue weighted by Gasteiger charge is -2.19. The molecule has 1 aromatic carbocycles. The molecule has 0 aliphatic carbocycles. The number of carbonyl (C=O) groups excluding carboxylic acids is 1. The van der Waals surface area contributed by atoms with E-state index in [1.807, 2.05) is 0 Å². The summed E-state index contributed by atoms with van der Waals surface area (Å²) in [4.78, 5) is 12.9. The van der Waals surface area contributed by atoms with Crippen molar-refractivity contribution in [2.45, 2.75) is 38.1 Å². The van der Waals surface area contributed by atoms with Crippen molar-refractivity contribution >= 4 is 31.6 Å². The van der Waals surface area contributed by atoms with E-state index in [1.165, 1.54) is 33.3 Å². The van der Waals surface area contributed by atoms with E-state index in [9.17, 15) is 21.6 Å². The van der Waals surface area contributed by atoms with Gasteiger partial charge in [-0.05, 0) is 31.5 Å². The minimum absolute atomic E-state index is 0.0193. The fraction of sp³-hybridized carbons (Fsp3) is 0.474. The molecular formula is C19H26N4O5S2. The van der Waals surface area contributed by atoms with Crippen molar-refractivity contribution in [1.29, 1.82) is 0 Å². The lowest BCUT2D eigenvalue weighted by molar-refractivity contribution is 0.102. The van der Waals surface area contributed by atoms with Gasteiger partial charge in [-0.1, -0.05) is 19.9 Å². The van der Waals surface area contributed by atoms with E-state index in [4.69, 9.17) is 0 Å². The third kappa shape index (κ3) is 4.57. The van der Waals surface area contributed by atoms with E-state index in [-0.39, 0.29) is 28.0 Å². The van der Waals surface area contributed by atoms with Gasteiger partial charge in [-0.25, -0.2) is 21.5 Å². The predicted octanol–water partition coefficient (Wildman–Crippen LogP) is 1.83. The number of hydrogen-bond acceptors (Lipinski definition) is 6. The minimum atomic E-state index is -3.69. The summed E-state index contributed by atoms with van der Waals surface area (Å²) in [6, 6.07) is 7.19. The normalized spacial score (nSPS) is 18.6. The number of sulfonamides is 1. The fourth-order valence-corrected chi connectivity index (χ4v) is 6.75. The van der Waals surface area contributed by atoms with Crippen LogP contribution in [0.5, 0.6) is 0 Å². The van der Waals surface area contributed by atoms with Crippen LogP contribution in [-0.2, 0) is 19.9 Å². The van der Waals surface area contributed by atoms with E-state index in [0.717, 1.165) is 0 Å². The summed E-state index contributed by atoms with van der Waals surface area (Å²) in [7, 11) is -6.80. The number of aromatic nitrogens is 2. The summed E-state index contributed by atoms with van der Waals surface area (Å²) >= 11 is 0. The van der Waals surface area contributed by atoms with E-state index < -0.39 is 25.8 Å². The quantitative estimate of drug-likeness (QED) is 0.682. The van der Waals surface area contributed by atoms with Crippen LogP contribution in [0.1, 0.15) is 42.4 Å². The van der Waals surface area contributed by atoms with Crippen LogP contribution in [-0.4, -0.2) is 61.4 Å². The van der Waals surface area contributed by atoms with Crippen LogP contribution in [0, 0.1) is 6.92 Å². The zero-order valence-electron chi connectivity index (χ0n) is 17.2. The van der Waals surface area contributed by atoms with Crippen molar-refractivity contribution < 1.29 is 21.6 Å². The minimum Gasteiger partial charge on any atom is -0.307 e. The van der Waals surface area contributed by atoms with Crippen molar-refractivity contribution in [3.63, 3.8) is 0 Å². The molecule has 0 saturated carbocycles. The topological polar surface area (TPSA) is 118 Å². The number of benzene rings is 1. The number of anilines is 1. The van der Waals surface area contributed by atoms with Gasteiger partial charge in [0, 0.05) is 24.7 Å². The van der Waals surface area contributed by atoms with Gasteiger partial charge in [0.2, 0.25) is 10.0 Å². The Balaban J connectivity index is 1.86. The summed E-state index contributed by atoms with van der Waals surface area (Å²) in [5, 5.41) is 7.09. The summed E-state index contributed by atoms with van der Waals surface area (Å²) < 4.78 is 52.0. The molecule has 0 unspecified atom stereocenters. The third-order valence-electron chi connectivity index (χ3n) is 5.09. The van der Waals surface area contributed by atoms with Crippen LogP contribution < -0.4 is 5.32 Å². The summed E-state index contributed by atoms with van der Waals surface area (Å²) in [5.74, 6) is -0.0331. The maximum Gasteiger partial charge on any atom is 0.256 e. The number of rotatable bonds is 7. The summed E-state index contributed by atoms with van der Waals surface area (Å²) in [5.41, 5.74) is 0.833. The first-order chi connectivity index (χ1) is 14.1. The first kappa shape index (κ1) is 22.4. The first-order valence-electron chi connectivity index (χ1n) is 9.75. The molecule has 1 N–H and O–H groups in total. The maximum absolute atomic E-state index is 12.8. The van der Waals surface area contributed by atoms with E-state index in [0.29, 0.717) is 31.0 Å². The molecule has 164 valence electrons. The van der Waals surface area contributed by atoms with Crippen molar-refractivity contribution in [1.82, 2.24) is 14.1 Å². The van der Waals surface area contributed by atoms with Gasteiger partial charge in [0.15, 0.2) is 9.84 Å². The average molecular weight is 455 g/mol. The van der Waals surface area contributed by atoms with Gasteiger partial charge in [0.05, 0.1) is 28.1 Å². The molecule has 11 heteroatoms. The number of carbonyl (C=O) groups is 1. The molecule has 1 aliphatic rings. The van der Waals surface area contributed by atoms with Gasteiger partial charge in [0.25, 0.3) is 5.91 Å². The second kappa shape index (κ2) is 8.48. The number of nitrogens with zero attached hydrogens (tertiary/aromatic N) is 3. The first-order valence-corrected chi connectivity index (χ1v) is 13.0. The number of hydrogen-bond donors (Lipinski definition) is 1. The SMILES string of the molecule is CCN(CC)S(=O)(=O)c1cccc(C(=O)Nc2cc(C)nn2[C@H]2CCS(=O)(=O)C2)c1. The van der Waals surface area contributed by atoms with E-state index in [1.54, 1.807) is 26.8 Å². The molecule has 9 nitrogen and oxygen atoms in total. The largest absolute Gasteiger partial charge is 0.307 e. The molecule has 30 heavy (non-hydrogen) atoms. The Morgan fingerprint density at radius 3 is 2.57 bits per heavy atom. The van der Waals surface area contributed by atoms with Crippen LogP contribution in [0.15, 0.2) is 35.2 Å². The number of nitrogens with one attached hydrogen (secondary N) is 1. The molecule has 2 heterocycles. The molecule has 1 amide bonds. The number of sulfone groups is 1. The molecule has 1 aliphatic heterocycles. The van der Waals surface area contributed by atoms with Gasteiger partial charge in [-0.3, -0.25) is 4.79 Å². The highest BCUT2D eigenvalue weighted by Gasteiger charge is 2.31. The van der Waals surface area contributed by atoms with Gasteiger partial charge in [-0.2, -0.15) is 9.40 Å². The van der Waals surface area contributed by atoms with Crippen LogP contribution in [0.4, 0.5) is 5.82 Å². The van der Waals surface area contributed by atoms with Crippen LogP contribution in [0.3, 0.4) is 0 Å². The molecule has 1 aromatic heterocycles. The Morgan fingerprint density at radius 1 is 1.27 bits per heavy atom. The van der Waals surface area contributed by atoms with E-state index >= 15 is 0 Å². The van der Waals surface area contributed by atoms with E-state index in [2.05, 4.69) is 10.4 Å². The van der Waals surface area contributed by atoms with Crippen molar-refractivity contribution in [3.05, 3.63) is 41.6 Å². The van der Waals surface area contributed by atoms with Crippen molar-refractivity contribution in [2.24, 2.45) is 0 Å². The Hall–Kier alpha value is -2.24. The van der Waals surface area contributed by atoms with Gasteiger partial charge < -0.3 is 5.32 Å². The monoisotopic (exact) mass is 454 g/mol. The number of amides is 1. The molecule has 2 aromatic rings. The van der Waals surface area contributed by atoms with Crippen LogP contribution >= 0.6 is 0 Å². The zero-order valence-corrected chi connectivity index (χ0v) is 18.8.